The number of aryl methyl sites for hydroxylation is 1. The first-order valence-electron chi connectivity index (χ1n) is 13.4. The van der Waals surface area contributed by atoms with Crippen LogP contribution in [-0.2, 0) is 22.4 Å². The molecule has 0 fully saturated rings. The van der Waals surface area contributed by atoms with Gasteiger partial charge in [-0.3, -0.25) is 10.6 Å². The molecule has 0 saturated heterocycles. The first kappa shape index (κ1) is 30.6. The van der Waals surface area contributed by atoms with Crippen LogP contribution in [0.2, 0.25) is 0 Å². The van der Waals surface area contributed by atoms with E-state index in [4.69, 9.17) is 9.26 Å². The fourth-order valence-electron chi connectivity index (χ4n) is 3.89. The lowest BCUT2D eigenvalue weighted by atomic mass is 10.0. The number of hydrogen-bond acceptors (Lipinski definition) is 8. The number of pyridine rings is 1. The number of carboxylic acid groups (broad SMARTS) is 1. The predicted octanol–water partition coefficient (Wildman–Crippen LogP) is 5.66. The number of carboxylic acids is 1. The van der Waals surface area contributed by atoms with Crippen LogP contribution in [0.3, 0.4) is 0 Å². The zero-order valence-corrected chi connectivity index (χ0v) is 24.0. The molecule has 0 spiro atoms. The number of hydrogen-bond donors (Lipinski definition) is 4. The summed E-state index contributed by atoms with van der Waals surface area (Å²) < 4.78 is 25.6. The Morgan fingerprint density at radius 2 is 1.74 bits per heavy atom. The van der Waals surface area contributed by atoms with Crippen LogP contribution in [0.15, 0.2) is 65.3 Å². The topological polar surface area (TPSA) is 169 Å². The summed E-state index contributed by atoms with van der Waals surface area (Å²) in [7, 11) is 0. The van der Waals surface area contributed by atoms with Gasteiger partial charge in [0.05, 0.1) is 5.56 Å². The maximum Gasteiger partial charge on any atom is 0.412 e. The summed E-state index contributed by atoms with van der Waals surface area (Å²) in [6, 6.07) is 12.0. The number of aromatic nitrogens is 3. The van der Waals surface area contributed by atoms with E-state index in [1.165, 1.54) is 12.1 Å². The molecule has 0 bridgehead atoms. The molecule has 1 unspecified atom stereocenters. The lowest BCUT2D eigenvalue weighted by Crippen LogP contribution is -2.44. The summed E-state index contributed by atoms with van der Waals surface area (Å²) in [6.45, 7) is 7.25. The molecule has 2 aromatic carbocycles. The third kappa shape index (κ3) is 8.58. The minimum atomic E-state index is -1.33. The van der Waals surface area contributed by atoms with Gasteiger partial charge in [0.25, 0.3) is 5.89 Å². The first-order valence-corrected chi connectivity index (χ1v) is 13.4. The van der Waals surface area contributed by atoms with Crippen molar-refractivity contribution < 1.29 is 33.1 Å². The van der Waals surface area contributed by atoms with Gasteiger partial charge in [0.2, 0.25) is 5.82 Å². The Bertz CT molecular complexity index is 1600. The molecule has 0 radical (unpaired) electrons. The summed E-state index contributed by atoms with van der Waals surface area (Å²) in [5.41, 5.74) is 1.75. The highest BCUT2D eigenvalue weighted by Crippen LogP contribution is 2.26. The van der Waals surface area contributed by atoms with Gasteiger partial charge in [-0.2, -0.15) is 4.98 Å². The SMILES string of the molecule is CCc1ccc(NC(=O)NC(Cc2ccc(-c3noc(-c4ccc(NC(=O)OC(C)(C)C)cc4)n3)c(F)c2)C(=O)O)nc1. The smallest absolute Gasteiger partial charge is 0.412 e. The van der Waals surface area contributed by atoms with Gasteiger partial charge in [0.1, 0.15) is 23.3 Å². The van der Waals surface area contributed by atoms with Crippen molar-refractivity contribution in [3.8, 4) is 22.8 Å². The Balaban J connectivity index is 1.39. The molecule has 12 nitrogen and oxygen atoms in total. The van der Waals surface area contributed by atoms with E-state index in [1.807, 2.05) is 6.92 Å². The average molecular weight is 591 g/mol. The first-order chi connectivity index (χ1) is 20.4. The van der Waals surface area contributed by atoms with Crippen LogP contribution >= 0.6 is 0 Å². The van der Waals surface area contributed by atoms with Crippen LogP contribution in [0.25, 0.3) is 22.8 Å². The summed E-state index contributed by atoms with van der Waals surface area (Å²) in [6.07, 6.45) is 1.63. The molecule has 3 amide bonds. The number of aliphatic carboxylic acids is 1. The Morgan fingerprint density at radius 1 is 1.02 bits per heavy atom. The lowest BCUT2D eigenvalue weighted by Gasteiger charge is -2.19. The molecule has 43 heavy (non-hydrogen) atoms. The third-order valence-corrected chi connectivity index (χ3v) is 6.00. The molecule has 0 aliphatic heterocycles. The number of rotatable bonds is 9. The molecule has 4 rings (SSSR count). The zero-order valence-electron chi connectivity index (χ0n) is 24.0. The van der Waals surface area contributed by atoms with Crippen LogP contribution in [0.4, 0.5) is 25.5 Å². The van der Waals surface area contributed by atoms with E-state index in [9.17, 15) is 19.5 Å². The van der Waals surface area contributed by atoms with Crippen molar-refractivity contribution >= 4 is 29.6 Å². The van der Waals surface area contributed by atoms with Crippen LogP contribution < -0.4 is 16.0 Å². The van der Waals surface area contributed by atoms with Crippen molar-refractivity contribution in [2.45, 2.75) is 52.2 Å². The zero-order chi connectivity index (χ0) is 31.1. The van der Waals surface area contributed by atoms with Gasteiger partial charge >= 0.3 is 18.1 Å². The molecule has 1 atom stereocenters. The number of nitrogens with zero attached hydrogens (tertiary/aromatic N) is 3. The fourth-order valence-corrected chi connectivity index (χ4v) is 3.89. The molecule has 2 aromatic heterocycles. The number of amides is 3. The van der Waals surface area contributed by atoms with Crippen molar-refractivity contribution in [3.05, 3.63) is 77.7 Å². The summed E-state index contributed by atoms with van der Waals surface area (Å²) in [5, 5.41) is 21.0. The molecule has 0 aliphatic rings. The average Bonchev–Trinajstić information content (AvgIpc) is 3.42. The van der Waals surface area contributed by atoms with Crippen LogP contribution in [0.1, 0.15) is 38.8 Å². The highest BCUT2D eigenvalue weighted by Gasteiger charge is 2.22. The third-order valence-electron chi connectivity index (χ3n) is 6.00. The van der Waals surface area contributed by atoms with E-state index < -0.39 is 35.6 Å². The van der Waals surface area contributed by atoms with Gasteiger partial charge in [0.15, 0.2) is 0 Å². The Morgan fingerprint density at radius 3 is 2.35 bits per heavy atom. The second-order valence-electron chi connectivity index (χ2n) is 10.5. The molecule has 0 aliphatic carbocycles. The Labute approximate surface area is 246 Å². The van der Waals surface area contributed by atoms with Crippen molar-refractivity contribution in [3.63, 3.8) is 0 Å². The number of benzene rings is 2. The van der Waals surface area contributed by atoms with E-state index in [-0.39, 0.29) is 29.5 Å². The van der Waals surface area contributed by atoms with Gasteiger partial charge in [-0.25, -0.2) is 23.8 Å². The summed E-state index contributed by atoms with van der Waals surface area (Å²) in [5.74, 6) is -1.60. The van der Waals surface area contributed by atoms with E-state index >= 15 is 4.39 Å². The molecule has 4 N–H and O–H groups in total. The number of ether oxygens (including phenoxy) is 1. The van der Waals surface area contributed by atoms with Gasteiger partial charge in [0, 0.05) is 23.9 Å². The highest BCUT2D eigenvalue weighted by atomic mass is 19.1. The molecular weight excluding hydrogens is 559 g/mol. The van der Waals surface area contributed by atoms with Crippen molar-refractivity contribution in [2.24, 2.45) is 0 Å². The van der Waals surface area contributed by atoms with E-state index in [0.717, 1.165) is 18.1 Å². The van der Waals surface area contributed by atoms with Crippen molar-refractivity contribution in [1.29, 1.82) is 0 Å². The lowest BCUT2D eigenvalue weighted by molar-refractivity contribution is -0.139. The molecular formula is C30H31FN6O6. The van der Waals surface area contributed by atoms with Gasteiger partial charge < -0.3 is 19.7 Å². The maximum absolute atomic E-state index is 15.1. The highest BCUT2D eigenvalue weighted by molar-refractivity contribution is 5.91. The molecule has 2 heterocycles. The number of carbonyl (C=O) groups is 3. The number of anilines is 2. The van der Waals surface area contributed by atoms with Crippen LogP contribution in [0, 0.1) is 5.82 Å². The standard InChI is InChI=1S/C30H31FN6O6/c1-5-17-7-13-24(32-16-17)35-28(40)34-23(27(38)39)15-18-6-12-21(22(31)14-18)25-36-26(43-37-25)19-8-10-20(11-9-19)33-29(41)42-30(2,3)4/h6-14,16,23H,5,15H2,1-4H3,(H,33,41)(H,38,39)(H2,32,34,35,40). The summed E-state index contributed by atoms with van der Waals surface area (Å²) >= 11 is 0. The van der Waals surface area contributed by atoms with Crippen molar-refractivity contribution in [2.75, 3.05) is 10.6 Å². The fraction of sp³-hybridized carbons (Fsp3) is 0.267. The quantitative estimate of drug-likeness (QED) is 0.192. The monoisotopic (exact) mass is 590 g/mol. The largest absolute Gasteiger partial charge is 0.480 e. The van der Waals surface area contributed by atoms with Crippen LogP contribution in [0.5, 0.6) is 0 Å². The Hall–Kier alpha value is -5.33. The summed E-state index contributed by atoms with van der Waals surface area (Å²) in [4.78, 5) is 44.5. The van der Waals surface area contributed by atoms with Gasteiger partial charge in [-0.1, -0.05) is 24.2 Å². The maximum atomic E-state index is 15.1. The minimum absolute atomic E-state index is 0.0103. The second-order valence-corrected chi connectivity index (χ2v) is 10.5. The number of halogens is 1. The van der Waals surface area contributed by atoms with E-state index in [2.05, 4.69) is 31.1 Å². The molecule has 4 aromatic rings. The number of nitrogens with one attached hydrogen (secondary N) is 3. The van der Waals surface area contributed by atoms with Crippen LogP contribution in [-0.4, -0.2) is 50.0 Å². The van der Waals surface area contributed by atoms with Gasteiger partial charge in [-0.05, 0) is 80.8 Å². The van der Waals surface area contributed by atoms with E-state index in [1.54, 1.807) is 63.4 Å². The predicted molar refractivity (Wildman–Crippen MR) is 156 cm³/mol. The molecule has 13 heteroatoms. The normalized spacial score (nSPS) is 11.8. The van der Waals surface area contributed by atoms with Crippen molar-refractivity contribution in [1.82, 2.24) is 20.4 Å². The minimum Gasteiger partial charge on any atom is -0.480 e. The second kappa shape index (κ2) is 13.1. The Kier molecular flexibility index (Phi) is 9.33. The number of carbonyl (C=O) groups excluding carboxylic acids is 2. The van der Waals surface area contributed by atoms with Gasteiger partial charge in [-0.15, -0.1) is 0 Å². The molecule has 224 valence electrons. The number of urea groups is 1. The van der Waals surface area contributed by atoms with E-state index in [0.29, 0.717) is 16.8 Å². The molecule has 0 saturated carbocycles.